The van der Waals surface area contributed by atoms with Gasteiger partial charge in [-0.3, -0.25) is 4.79 Å². The first-order valence-corrected chi connectivity index (χ1v) is 7.87. The van der Waals surface area contributed by atoms with Crippen LogP contribution in [-0.2, 0) is 11.2 Å². The van der Waals surface area contributed by atoms with E-state index >= 15 is 0 Å². The number of carbonyl (C=O) groups excluding carboxylic acids is 1. The first-order chi connectivity index (χ1) is 8.66. The minimum absolute atomic E-state index is 0.154. The summed E-state index contributed by atoms with van der Waals surface area (Å²) in [5.74, 6) is 1.93. The summed E-state index contributed by atoms with van der Waals surface area (Å²) in [6.45, 7) is 0.965. The number of rotatable bonds is 4. The van der Waals surface area contributed by atoms with E-state index in [2.05, 4.69) is 21.2 Å². The first kappa shape index (κ1) is 14.0. The van der Waals surface area contributed by atoms with Crippen LogP contribution in [0.4, 0.5) is 4.39 Å². The Balaban J connectivity index is 1.92. The largest absolute Gasteiger partial charge is 0.312 e. The van der Waals surface area contributed by atoms with Crippen LogP contribution in [0.2, 0.25) is 0 Å². The monoisotopic (exact) mass is 331 g/mol. The molecule has 98 valence electrons. The lowest BCUT2D eigenvalue weighted by molar-refractivity contribution is -0.118. The molecule has 1 unspecified atom stereocenters. The summed E-state index contributed by atoms with van der Waals surface area (Å²) in [6, 6.07) is 5.08. The molecular weight excluding hydrogens is 317 g/mol. The van der Waals surface area contributed by atoms with E-state index in [4.69, 9.17) is 0 Å². The van der Waals surface area contributed by atoms with Crippen molar-refractivity contribution in [2.24, 2.45) is 0 Å². The van der Waals surface area contributed by atoms with E-state index in [0.717, 1.165) is 23.6 Å². The van der Waals surface area contributed by atoms with Crippen molar-refractivity contribution in [1.29, 1.82) is 0 Å². The van der Waals surface area contributed by atoms with E-state index in [1.165, 1.54) is 6.07 Å². The van der Waals surface area contributed by atoms with Gasteiger partial charge in [0.05, 0.1) is 4.47 Å². The highest BCUT2D eigenvalue weighted by Crippen LogP contribution is 2.21. The van der Waals surface area contributed by atoms with Crippen molar-refractivity contribution in [3.63, 3.8) is 0 Å². The summed E-state index contributed by atoms with van der Waals surface area (Å²) in [7, 11) is 0. The van der Waals surface area contributed by atoms with E-state index < -0.39 is 0 Å². The fraction of sp³-hybridized carbons (Fsp3) is 0.462. The molecule has 0 radical (unpaired) electrons. The Hall–Kier alpha value is -0.390. The molecule has 1 fully saturated rings. The van der Waals surface area contributed by atoms with Crippen molar-refractivity contribution >= 4 is 33.5 Å². The predicted octanol–water partition coefficient (Wildman–Crippen LogP) is 2.79. The SMILES string of the molecule is O=C(Cc1cccc(F)c1Br)CC1CSCCN1. The zero-order valence-corrected chi connectivity index (χ0v) is 12.3. The van der Waals surface area contributed by atoms with E-state index in [-0.39, 0.29) is 17.6 Å². The summed E-state index contributed by atoms with van der Waals surface area (Å²) < 4.78 is 13.7. The molecule has 1 aromatic rings. The summed E-state index contributed by atoms with van der Waals surface area (Å²) in [5.41, 5.74) is 0.725. The molecule has 0 amide bonds. The first-order valence-electron chi connectivity index (χ1n) is 5.92. The standard InChI is InChI=1S/C13H15BrFNOS/c14-13-9(2-1-3-12(13)15)6-11(17)7-10-8-18-5-4-16-10/h1-3,10,16H,4-8H2. The average molecular weight is 332 g/mol. The third-order valence-electron chi connectivity index (χ3n) is 2.89. The number of nitrogens with one attached hydrogen (secondary N) is 1. The highest BCUT2D eigenvalue weighted by molar-refractivity contribution is 9.10. The summed E-state index contributed by atoms with van der Waals surface area (Å²) in [4.78, 5) is 12.0. The van der Waals surface area contributed by atoms with Crippen LogP contribution in [0, 0.1) is 5.82 Å². The Morgan fingerprint density at radius 1 is 1.56 bits per heavy atom. The van der Waals surface area contributed by atoms with Gasteiger partial charge in [-0.15, -0.1) is 0 Å². The Kier molecular flexibility index (Phi) is 5.21. The third-order valence-corrected chi connectivity index (χ3v) is 4.91. The van der Waals surface area contributed by atoms with Gasteiger partial charge < -0.3 is 5.32 Å². The lowest BCUT2D eigenvalue weighted by atomic mass is 10.0. The number of hydrogen-bond donors (Lipinski definition) is 1. The number of hydrogen-bond acceptors (Lipinski definition) is 3. The van der Waals surface area contributed by atoms with Gasteiger partial charge in [0.2, 0.25) is 0 Å². The number of carbonyl (C=O) groups is 1. The molecule has 1 atom stereocenters. The van der Waals surface area contributed by atoms with Gasteiger partial charge in [-0.2, -0.15) is 11.8 Å². The fourth-order valence-corrected chi connectivity index (χ4v) is 3.35. The molecule has 0 bridgehead atoms. The molecule has 1 heterocycles. The Morgan fingerprint density at radius 3 is 3.11 bits per heavy atom. The minimum atomic E-state index is -0.313. The molecule has 5 heteroatoms. The van der Waals surface area contributed by atoms with Crippen molar-refractivity contribution in [1.82, 2.24) is 5.32 Å². The lowest BCUT2D eigenvalue weighted by Gasteiger charge is -2.22. The van der Waals surface area contributed by atoms with Crippen LogP contribution in [0.15, 0.2) is 22.7 Å². The molecule has 1 aliphatic rings. The summed E-state index contributed by atoms with van der Waals surface area (Å²) >= 11 is 5.06. The zero-order valence-electron chi connectivity index (χ0n) is 9.92. The van der Waals surface area contributed by atoms with E-state index in [1.807, 2.05) is 11.8 Å². The molecule has 1 aliphatic heterocycles. The van der Waals surface area contributed by atoms with Crippen LogP contribution in [0.25, 0.3) is 0 Å². The summed E-state index contributed by atoms with van der Waals surface area (Å²) in [5, 5.41) is 3.33. The third kappa shape index (κ3) is 3.80. The maximum atomic E-state index is 13.3. The van der Waals surface area contributed by atoms with Crippen LogP contribution >= 0.6 is 27.7 Å². The highest BCUT2D eigenvalue weighted by Gasteiger charge is 2.17. The normalized spacial score (nSPS) is 19.8. The van der Waals surface area contributed by atoms with Gasteiger partial charge in [-0.25, -0.2) is 4.39 Å². The fourth-order valence-electron chi connectivity index (χ4n) is 2.00. The van der Waals surface area contributed by atoms with Gasteiger partial charge in [0, 0.05) is 36.9 Å². The van der Waals surface area contributed by atoms with Crippen molar-refractivity contribution in [2.75, 3.05) is 18.1 Å². The van der Waals surface area contributed by atoms with Crippen molar-refractivity contribution in [2.45, 2.75) is 18.9 Å². The Bertz CT molecular complexity index is 435. The lowest BCUT2D eigenvalue weighted by Crippen LogP contribution is -2.39. The molecule has 0 aromatic heterocycles. The van der Waals surface area contributed by atoms with Gasteiger partial charge in [-0.1, -0.05) is 12.1 Å². The minimum Gasteiger partial charge on any atom is -0.312 e. The highest BCUT2D eigenvalue weighted by atomic mass is 79.9. The predicted molar refractivity (Wildman–Crippen MR) is 76.5 cm³/mol. The van der Waals surface area contributed by atoms with Crippen LogP contribution < -0.4 is 5.32 Å². The number of thioether (sulfide) groups is 1. The number of benzene rings is 1. The van der Waals surface area contributed by atoms with Crippen LogP contribution in [0.1, 0.15) is 12.0 Å². The van der Waals surface area contributed by atoms with Crippen molar-refractivity contribution < 1.29 is 9.18 Å². The second-order valence-corrected chi connectivity index (χ2v) is 6.30. The number of halogens is 2. The molecule has 1 aromatic carbocycles. The average Bonchev–Trinajstić information content (AvgIpc) is 2.36. The molecule has 0 saturated carbocycles. The maximum Gasteiger partial charge on any atom is 0.138 e. The molecule has 1 N–H and O–H groups in total. The van der Waals surface area contributed by atoms with Crippen LogP contribution in [0.3, 0.4) is 0 Å². The topological polar surface area (TPSA) is 29.1 Å². The molecule has 1 saturated heterocycles. The summed E-state index contributed by atoms with van der Waals surface area (Å²) in [6.07, 6.45) is 0.817. The van der Waals surface area contributed by atoms with Crippen molar-refractivity contribution in [3.05, 3.63) is 34.1 Å². The van der Waals surface area contributed by atoms with Crippen LogP contribution in [0.5, 0.6) is 0 Å². The van der Waals surface area contributed by atoms with Gasteiger partial charge in [0.15, 0.2) is 0 Å². The number of ketones is 1. The molecule has 18 heavy (non-hydrogen) atoms. The molecular formula is C13H15BrFNOS. The van der Waals surface area contributed by atoms with Crippen LogP contribution in [-0.4, -0.2) is 29.9 Å². The quantitative estimate of drug-likeness (QED) is 0.919. The van der Waals surface area contributed by atoms with E-state index in [9.17, 15) is 9.18 Å². The molecule has 0 aliphatic carbocycles. The van der Waals surface area contributed by atoms with Gasteiger partial charge >= 0.3 is 0 Å². The molecule has 0 spiro atoms. The van der Waals surface area contributed by atoms with E-state index in [0.29, 0.717) is 17.3 Å². The Labute approximate surface area is 119 Å². The second-order valence-electron chi connectivity index (χ2n) is 4.36. The zero-order chi connectivity index (χ0) is 13.0. The molecule has 2 nitrogen and oxygen atoms in total. The second kappa shape index (κ2) is 6.68. The van der Waals surface area contributed by atoms with Crippen molar-refractivity contribution in [3.8, 4) is 0 Å². The maximum absolute atomic E-state index is 13.3. The Morgan fingerprint density at radius 2 is 2.39 bits per heavy atom. The van der Waals surface area contributed by atoms with E-state index in [1.54, 1.807) is 12.1 Å². The van der Waals surface area contributed by atoms with Gasteiger partial charge in [0.25, 0.3) is 0 Å². The van der Waals surface area contributed by atoms with Gasteiger partial charge in [0.1, 0.15) is 11.6 Å². The number of Topliss-reactive ketones (excluding diaryl/α,β-unsaturated/α-hetero) is 1. The van der Waals surface area contributed by atoms with Gasteiger partial charge in [-0.05, 0) is 27.6 Å². The molecule has 2 rings (SSSR count). The smallest absolute Gasteiger partial charge is 0.138 e.